The monoisotopic (exact) mass is 477 g/mol. The summed E-state index contributed by atoms with van der Waals surface area (Å²) in [6, 6.07) is 4.31. The highest BCUT2D eigenvalue weighted by atomic mass is 19.2. The van der Waals surface area contributed by atoms with Gasteiger partial charge in [0.2, 0.25) is 11.7 Å². The van der Waals surface area contributed by atoms with Crippen LogP contribution in [0.25, 0.3) is 17.3 Å². The van der Waals surface area contributed by atoms with Gasteiger partial charge in [-0.1, -0.05) is 5.57 Å². The Morgan fingerprint density at radius 1 is 0.941 bits per heavy atom. The third-order valence-corrected chi connectivity index (χ3v) is 5.27. The first-order valence-electron chi connectivity index (χ1n) is 10.2. The van der Waals surface area contributed by atoms with Crippen molar-refractivity contribution >= 4 is 17.8 Å². The standard InChI is InChI=1S/C24H17F6N3O/c1-10(2)7-16-24(32-15-6-3-11-8-12(25)4-5-13(11)23(15)31-16)33-17(34)9-14-18(26)20(28)22(30)21(29)19(14)27/h4-5,7-8H,3,6,9H2,1-2H3,(H,32,33,34). The fourth-order valence-electron chi connectivity index (χ4n) is 3.73. The summed E-state index contributed by atoms with van der Waals surface area (Å²) in [5.74, 6) is -12.2. The number of hydrogen-bond acceptors (Lipinski definition) is 3. The Bertz CT molecular complexity index is 1340. The molecule has 0 aliphatic heterocycles. The van der Waals surface area contributed by atoms with Crippen LogP contribution in [0, 0.1) is 34.9 Å². The van der Waals surface area contributed by atoms with Crippen molar-refractivity contribution in [2.75, 3.05) is 5.32 Å². The molecule has 1 aliphatic carbocycles. The van der Waals surface area contributed by atoms with Gasteiger partial charge in [-0.05, 0) is 56.5 Å². The zero-order valence-corrected chi connectivity index (χ0v) is 18.0. The molecule has 2 aromatic carbocycles. The SMILES string of the molecule is CC(C)=Cc1nc2c(nc1NC(=O)Cc1c(F)c(F)c(F)c(F)c1F)CCc1cc(F)ccc1-2. The van der Waals surface area contributed by atoms with Gasteiger partial charge in [0.05, 0.1) is 17.8 Å². The molecule has 10 heteroatoms. The van der Waals surface area contributed by atoms with E-state index in [-0.39, 0.29) is 17.3 Å². The van der Waals surface area contributed by atoms with Crippen molar-refractivity contribution in [1.82, 2.24) is 9.97 Å². The molecule has 0 saturated carbocycles. The van der Waals surface area contributed by atoms with Gasteiger partial charge in [-0.25, -0.2) is 36.3 Å². The van der Waals surface area contributed by atoms with Gasteiger partial charge in [0.25, 0.3) is 0 Å². The second kappa shape index (κ2) is 8.92. The Hall–Kier alpha value is -3.69. The van der Waals surface area contributed by atoms with Crippen molar-refractivity contribution in [3.05, 3.63) is 81.2 Å². The molecule has 4 rings (SSSR count). The lowest BCUT2D eigenvalue weighted by atomic mass is 9.91. The number of anilines is 1. The van der Waals surface area contributed by atoms with E-state index < -0.39 is 47.0 Å². The molecule has 3 aromatic rings. The molecule has 34 heavy (non-hydrogen) atoms. The molecule has 0 atom stereocenters. The highest BCUT2D eigenvalue weighted by Crippen LogP contribution is 2.34. The van der Waals surface area contributed by atoms with Gasteiger partial charge >= 0.3 is 0 Å². The third-order valence-electron chi connectivity index (χ3n) is 5.27. The Balaban J connectivity index is 1.71. The van der Waals surface area contributed by atoms with Crippen LogP contribution >= 0.6 is 0 Å². The van der Waals surface area contributed by atoms with E-state index >= 15 is 0 Å². The fourth-order valence-corrected chi connectivity index (χ4v) is 3.73. The second-order valence-electron chi connectivity index (χ2n) is 8.05. The average molecular weight is 477 g/mol. The zero-order valence-electron chi connectivity index (χ0n) is 18.0. The topological polar surface area (TPSA) is 54.9 Å². The van der Waals surface area contributed by atoms with Crippen LogP contribution in [0.4, 0.5) is 32.2 Å². The lowest BCUT2D eigenvalue weighted by Crippen LogP contribution is -2.21. The lowest BCUT2D eigenvalue weighted by molar-refractivity contribution is -0.115. The van der Waals surface area contributed by atoms with E-state index in [1.54, 1.807) is 26.0 Å². The van der Waals surface area contributed by atoms with E-state index in [1.165, 1.54) is 12.1 Å². The number of rotatable bonds is 4. The summed E-state index contributed by atoms with van der Waals surface area (Å²) in [6.07, 6.45) is 1.38. The molecule has 0 spiro atoms. The second-order valence-corrected chi connectivity index (χ2v) is 8.05. The molecule has 1 N–H and O–H groups in total. The number of aromatic nitrogens is 2. The van der Waals surface area contributed by atoms with Crippen LogP contribution < -0.4 is 5.32 Å². The van der Waals surface area contributed by atoms with E-state index in [9.17, 15) is 31.1 Å². The number of halogens is 6. The first-order chi connectivity index (χ1) is 16.1. The Labute approximate surface area is 190 Å². The molecule has 176 valence electrons. The molecule has 1 amide bonds. The number of hydrogen-bond donors (Lipinski definition) is 1. The molecule has 0 bridgehead atoms. The maximum atomic E-state index is 14.0. The van der Waals surface area contributed by atoms with Crippen molar-refractivity contribution in [1.29, 1.82) is 0 Å². The molecule has 0 radical (unpaired) electrons. The lowest BCUT2D eigenvalue weighted by Gasteiger charge is -2.20. The Morgan fingerprint density at radius 3 is 2.24 bits per heavy atom. The van der Waals surface area contributed by atoms with Crippen molar-refractivity contribution in [3.8, 4) is 11.3 Å². The summed E-state index contributed by atoms with van der Waals surface area (Å²) in [5, 5.41) is 2.37. The molecule has 1 heterocycles. The predicted molar refractivity (Wildman–Crippen MR) is 113 cm³/mol. The molecule has 0 unspecified atom stereocenters. The number of carbonyl (C=O) groups excluding carboxylic acids is 1. The van der Waals surface area contributed by atoms with Crippen molar-refractivity contribution in [2.45, 2.75) is 33.1 Å². The van der Waals surface area contributed by atoms with Crippen LogP contribution in [-0.4, -0.2) is 15.9 Å². The molecule has 0 fully saturated rings. The van der Waals surface area contributed by atoms with Crippen molar-refractivity contribution in [3.63, 3.8) is 0 Å². The van der Waals surface area contributed by atoms with Crippen LogP contribution in [0.5, 0.6) is 0 Å². The minimum atomic E-state index is -2.30. The summed E-state index contributed by atoms with van der Waals surface area (Å²) in [5.41, 5.74) is 2.23. The molecular formula is C24H17F6N3O. The number of benzene rings is 2. The molecule has 4 nitrogen and oxygen atoms in total. The van der Waals surface area contributed by atoms with Crippen molar-refractivity contribution in [2.24, 2.45) is 0 Å². The maximum absolute atomic E-state index is 14.0. The van der Waals surface area contributed by atoms with E-state index in [0.29, 0.717) is 29.8 Å². The minimum Gasteiger partial charge on any atom is -0.309 e. The summed E-state index contributed by atoms with van der Waals surface area (Å²) >= 11 is 0. The van der Waals surface area contributed by atoms with Gasteiger partial charge in [0, 0.05) is 11.1 Å². The smallest absolute Gasteiger partial charge is 0.230 e. The summed E-state index contributed by atoms with van der Waals surface area (Å²) in [7, 11) is 0. The quantitative estimate of drug-likeness (QED) is 0.299. The first kappa shape index (κ1) is 23.5. The highest BCUT2D eigenvalue weighted by Gasteiger charge is 2.28. The molecule has 0 saturated heterocycles. The number of nitrogens with zero attached hydrogens (tertiary/aromatic N) is 2. The van der Waals surface area contributed by atoms with Gasteiger partial charge in [0.15, 0.2) is 29.1 Å². The maximum Gasteiger partial charge on any atom is 0.230 e. The predicted octanol–water partition coefficient (Wildman–Crippen LogP) is 5.68. The molecule has 1 aliphatic rings. The number of allylic oxidation sites excluding steroid dienone is 1. The van der Waals surface area contributed by atoms with Gasteiger partial charge < -0.3 is 5.32 Å². The zero-order chi connectivity index (χ0) is 24.7. The van der Waals surface area contributed by atoms with Crippen LogP contribution in [-0.2, 0) is 24.1 Å². The van der Waals surface area contributed by atoms with E-state index in [4.69, 9.17) is 0 Å². The first-order valence-corrected chi connectivity index (χ1v) is 10.2. The third kappa shape index (κ3) is 4.27. The van der Waals surface area contributed by atoms with Gasteiger partial charge in [-0.2, -0.15) is 0 Å². The van der Waals surface area contributed by atoms with Gasteiger partial charge in [-0.3, -0.25) is 4.79 Å². The Morgan fingerprint density at radius 2 is 1.59 bits per heavy atom. The number of aryl methyl sites for hydroxylation is 2. The number of amides is 1. The van der Waals surface area contributed by atoms with Gasteiger partial charge in [0.1, 0.15) is 11.5 Å². The van der Waals surface area contributed by atoms with Crippen LogP contribution in [0.2, 0.25) is 0 Å². The van der Waals surface area contributed by atoms with Gasteiger partial charge in [-0.15, -0.1) is 0 Å². The normalized spacial score (nSPS) is 12.1. The fraction of sp³-hybridized carbons (Fsp3) is 0.208. The number of nitrogens with one attached hydrogen (secondary N) is 1. The average Bonchev–Trinajstić information content (AvgIpc) is 2.79. The number of carbonyl (C=O) groups is 1. The molecular weight excluding hydrogens is 460 g/mol. The van der Waals surface area contributed by atoms with Crippen LogP contribution in [0.1, 0.15) is 36.4 Å². The van der Waals surface area contributed by atoms with Crippen LogP contribution in [0.15, 0.2) is 23.8 Å². The summed E-state index contributed by atoms with van der Waals surface area (Å²) < 4.78 is 81.8. The van der Waals surface area contributed by atoms with E-state index in [0.717, 1.165) is 11.1 Å². The largest absolute Gasteiger partial charge is 0.309 e. The van der Waals surface area contributed by atoms with E-state index in [2.05, 4.69) is 15.3 Å². The Kier molecular flexibility index (Phi) is 6.16. The summed E-state index contributed by atoms with van der Waals surface area (Å²) in [4.78, 5) is 21.5. The summed E-state index contributed by atoms with van der Waals surface area (Å²) in [6.45, 7) is 3.54. The molecule has 1 aromatic heterocycles. The van der Waals surface area contributed by atoms with Crippen LogP contribution in [0.3, 0.4) is 0 Å². The minimum absolute atomic E-state index is 0.0283. The number of fused-ring (bicyclic) bond motifs is 3. The highest BCUT2D eigenvalue weighted by molar-refractivity contribution is 5.93. The van der Waals surface area contributed by atoms with E-state index in [1.807, 2.05) is 0 Å². The van der Waals surface area contributed by atoms with Crippen molar-refractivity contribution < 1.29 is 31.1 Å².